The molecule has 0 bridgehead atoms. The van der Waals surface area contributed by atoms with Crippen LogP contribution in [-0.4, -0.2) is 35.2 Å². The number of aliphatic carboxylic acids is 1. The molecule has 21 heavy (non-hydrogen) atoms. The van der Waals surface area contributed by atoms with Gasteiger partial charge in [0.25, 0.3) is 0 Å². The number of nitrogens with one attached hydrogen (secondary N) is 1. The topological polar surface area (TPSA) is 58.6 Å². The minimum Gasteiger partial charge on any atom is -0.490 e. The number of carbonyl (C=O) groups is 1. The summed E-state index contributed by atoms with van der Waals surface area (Å²) in [5, 5.41) is 12.3. The minimum absolute atomic E-state index is 0.145. The Labute approximate surface area is 129 Å². The molecule has 2 heterocycles. The highest BCUT2D eigenvalue weighted by Gasteiger charge is 2.30. The van der Waals surface area contributed by atoms with E-state index in [1.54, 1.807) is 0 Å². The molecule has 0 radical (unpaired) electrons. The van der Waals surface area contributed by atoms with Gasteiger partial charge in [0.2, 0.25) is 0 Å². The van der Waals surface area contributed by atoms with Crippen LogP contribution >= 0.6 is 11.8 Å². The van der Waals surface area contributed by atoms with E-state index in [0.29, 0.717) is 19.1 Å². The Kier molecular flexibility index (Phi) is 4.70. The van der Waals surface area contributed by atoms with Crippen LogP contribution in [0.1, 0.15) is 30.9 Å². The van der Waals surface area contributed by atoms with Gasteiger partial charge in [0.15, 0.2) is 0 Å². The molecular weight excluding hydrogens is 286 g/mol. The number of carboxylic acids is 1. The Morgan fingerprint density at radius 3 is 2.57 bits per heavy atom. The summed E-state index contributed by atoms with van der Waals surface area (Å²) in [6.07, 6.45) is 3.25. The van der Waals surface area contributed by atoms with Crippen LogP contribution in [0.25, 0.3) is 0 Å². The third-order valence-corrected chi connectivity index (χ3v) is 5.28. The van der Waals surface area contributed by atoms with Crippen molar-refractivity contribution in [3.05, 3.63) is 29.8 Å². The van der Waals surface area contributed by atoms with Gasteiger partial charge in [0.1, 0.15) is 11.9 Å². The van der Waals surface area contributed by atoms with Crippen LogP contribution < -0.4 is 10.1 Å². The fraction of sp³-hybridized carbons (Fsp3) is 0.562. The standard InChI is InChI=1S/C16H21NO3S/c18-16(19)12-9-15(17-10-12)11-1-3-13(4-2-11)20-14-5-7-21-8-6-14/h1-4,12,14-15,17H,5-10H2,(H,18,19). The summed E-state index contributed by atoms with van der Waals surface area (Å²) in [4.78, 5) is 11.0. The Balaban J connectivity index is 1.58. The summed E-state index contributed by atoms with van der Waals surface area (Å²) in [7, 11) is 0. The van der Waals surface area contributed by atoms with E-state index < -0.39 is 5.97 Å². The number of ether oxygens (including phenoxy) is 1. The Morgan fingerprint density at radius 1 is 1.24 bits per heavy atom. The number of hydrogen-bond donors (Lipinski definition) is 2. The first-order chi connectivity index (χ1) is 10.2. The molecular formula is C16H21NO3S. The monoisotopic (exact) mass is 307 g/mol. The van der Waals surface area contributed by atoms with Gasteiger partial charge < -0.3 is 15.2 Å². The van der Waals surface area contributed by atoms with Crippen LogP contribution in [0, 0.1) is 5.92 Å². The van der Waals surface area contributed by atoms with Gasteiger partial charge in [-0.25, -0.2) is 0 Å². The zero-order valence-corrected chi connectivity index (χ0v) is 12.8. The van der Waals surface area contributed by atoms with Crippen LogP contribution in [0.3, 0.4) is 0 Å². The molecule has 2 aliphatic rings. The molecule has 2 unspecified atom stereocenters. The van der Waals surface area contributed by atoms with E-state index in [9.17, 15) is 4.79 Å². The van der Waals surface area contributed by atoms with Crippen molar-refractivity contribution in [3.63, 3.8) is 0 Å². The molecule has 0 spiro atoms. The van der Waals surface area contributed by atoms with E-state index in [2.05, 4.69) is 17.4 Å². The molecule has 5 heteroatoms. The second-order valence-electron chi connectivity index (χ2n) is 5.73. The van der Waals surface area contributed by atoms with E-state index in [0.717, 1.165) is 24.2 Å². The lowest BCUT2D eigenvalue weighted by Crippen LogP contribution is -2.22. The third-order valence-electron chi connectivity index (χ3n) is 4.23. The smallest absolute Gasteiger partial charge is 0.307 e. The highest BCUT2D eigenvalue weighted by Crippen LogP contribution is 2.29. The first kappa shape index (κ1) is 14.7. The van der Waals surface area contributed by atoms with Crippen LogP contribution in [0.15, 0.2) is 24.3 Å². The molecule has 114 valence electrons. The van der Waals surface area contributed by atoms with Crippen molar-refractivity contribution < 1.29 is 14.6 Å². The summed E-state index contributed by atoms with van der Waals surface area (Å²) < 4.78 is 6.00. The maximum atomic E-state index is 11.0. The van der Waals surface area contributed by atoms with Gasteiger partial charge in [0, 0.05) is 12.6 Å². The number of hydrogen-bond acceptors (Lipinski definition) is 4. The number of carboxylic acid groups (broad SMARTS) is 1. The van der Waals surface area contributed by atoms with Crippen molar-refractivity contribution in [1.82, 2.24) is 5.32 Å². The fourth-order valence-corrected chi connectivity index (χ4v) is 4.01. The highest BCUT2D eigenvalue weighted by molar-refractivity contribution is 7.99. The molecule has 2 N–H and O–H groups in total. The van der Waals surface area contributed by atoms with Crippen LogP contribution in [0.4, 0.5) is 0 Å². The lowest BCUT2D eigenvalue weighted by Gasteiger charge is -2.23. The SMILES string of the molecule is O=C(O)C1CNC(c2ccc(OC3CCSCC3)cc2)C1. The quantitative estimate of drug-likeness (QED) is 0.895. The van der Waals surface area contributed by atoms with Gasteiger partial charge in [-0.05, 0) is 48.5 Å². The van der Waals surface area contributed by atoms with Gasteiger partial charge in [-0.3, -0.25) is 4.79 Å². The molecule has 1 aromatic carbocycles. The van der Waals surface area contributed by atoms with Gasteiger partial charge in [0.05, 0.1) is 5.92 Å². The third kappa shape index (κ3) is 3.71. The molecule has 2 fully saturated rings. The largest absolute Gasteiger partial charge is 0.490 e. The predicted molar refractivity (Wildman–Crippen MR) is 83.9 cm³/mol. The Bertz CT molecular complexity index is 485. The molecule has 2 saturated heterocycles. The lowest BCUT2D eigenvalue weighted by atomic mass is 10.0. The average Bonchev–Trinajstić information content (AvgIpc) is 2.99. The second kappa shape index (κ2) is 6.71. The number of thioether (sulfide) groups is 1. The summed E-state index contributed by atoms with van der Waals surface area (Å²) in [5.41, 5.74) is 1.14. The van der Waals surface area contributed by atoms with Crippen molar-refractivity contribution in [2.75, 3.05) is 18.1 Å². The average molecular weight is 307 g/mol. The fourth-order valence-electron chi connectivity index (χ4n) is 2.94. The van der Waals surface area contributed by atoms with E-state index in [1.807, 2.05) is 23.9 Å². The predicted octanol–water partition coefficient (Wildman–Crippen LogP) is 2.70. The molecule has 1 aromatic rings. The zero-order chi connectivity index (χ0) is 14.7. The summed E-state index contributed by atoms with van der Waals surface area (Å²) >= 11 is 1.99. The molecule has 2 atom stereocenters. The summed E-state index contributed by atoms with van der Waals surface area (Å²) in [6.45, 7) is 0.554. The molecule has 0 amide bonds. The van der Waals surface area contributed by atoms with E-state index >= 15 is 0 Å². The molecule has 0 aromatic heterocycles. The molecule has 3 rings (SSSR count). The van der Waals surface area contributed by atoms with Gasteiger partial charge in [-0.15, -0.1) is 0 Å². The highest BCUT2D eigenvalue weighted by atomic mass is 32.2. The summed E-state index contributed by atoms with van der Waals surface area (Å²) in [5.74, 6) is 2.31. The summed E-state index contributed by atoms with van der Waals surface area (Å²) in [6, 6.07) is 8.26. The van der Waals surface area contributed by atoms with Gasteiger partial charge in [-0.1, -0.05) is 12.1 Å². The van der Waals surface area contributed by atoms with Crippen molar-refractivity contribution in [3.8, 4) is 5.75 Å². The molecule has 4 nitrogen and oxygen atoms in total. The van der Waals surface area contributed by atoms with Crippen LogP contribution in [0.5, 0.6) is 5.75 Å². The van der Waals surface area contributed by atoms with Crippen molar-refractivity contribution in [2.45, 2.75) is 31.4 Å². The lowest BCUT2D eigenvalue weighted by molar-refractivity contribution is -0.141. The minimum atomic E-state index is -0.708. The first-order valence-electron chi connectivity index (χ1n) is 7.53. The molecule has 0 aliphatic carbocycles. The molecule has 0 saturated carbocycles. The Morgan fingerprint density at radius 2 is 1.95 bits per heavy atom. The van der Waals surface area contributed by atoms with Gasteiger partial charge >= 0.3 is 5.97 Å². The normalized spacial score (nSPS) is 26.7. The Hall–Kier alpha value is -1.20. The first-order valence-corrected chi connectivity index (χ1v) is 8.68. The van der Waals surface area contributed by atoms with Crippen LogP contribution in [-0.2, 0) is 4.79 Å². The maximum Gasteiger partial charge on any atom is 0.307 e. The molecule has 2 aliphatic heterocycles. The van der Waals surface area contributed by atoms with Crippen LogP contribution in [0.2, 0.25) is 0 Å². The van der Waals surface area contributed by atoms with Crippen molar-refractivity contribution in [2.24, 2.45) is 5.92 Å². The van der Waals surface area contributed by atoms with Crippen molar-refractivity contribution in [1.29, 1.82) is 0 Å². The van der Waals surface area contributed by atoms with E-state index in [-0.39, 0.29) is 12.0 Å². The van der Waals surface area contributed by atoms with E-state index in [4.69, 9.17) is 9.84 Å². The van der Waals surface area contributed by atoms with Gasteiger partial charge in [-0.2, -0.15) is 11.8 Å². The second-order valence-corrected chi connectivity index (χ2v) is 6.96. The van der Waals surface area contributed by atoms with Crippen molar-refractivity contribution >= 4 is 17.7 Å². The number of benzene rings is 1. The zero-order valence-electron chi connectivity index (χ0n) is 12.0. The number of rotatable bonds is 4. The van der Waals surface area contributed by atoms with E-state index in [1.165, 1.54) is 11.5 Å². The maximum absolute atomic E-state index is 11.0.